The Morgan fingerprint density at radius 3 is 2.44 bits per heavy atom. The zero-order chi connectivity index (χ0) is 13.2. The molecule has 0 saturated heterocycles. The summed E-state index contributed by atoms with van der Waals surface area (Å²) in [7, 11) is -3.35. The van der Waals surface area contributed by atoms with Crippen LogP contribution in [-0.2, 0) is 10.0 Å². The van der Waals surface area contributed by atoms with E-state index >= 15 is 0 Å². The Morgan fingerprint density at radius 2 is 1.83 bits per heavy atom. The number of benzene rings is 1. The molecule has 0 spiro atoms. The van der Waals surface area contributed by atoms with Crippen molar-refractivity contribution in [3.05, 3.63) is 29.8 Å². The van der Waals surface area contributed by atoms with Crippen LogP contribution in [0.25, 0.3) is 0 Å². The first kappa shape index (κ1) is 13.6. The Morgan fingerprint density at radius 1 is 1.17 bits per heavy atom. The minimum Gasteiger partial charge on any atom is -0.208 e. The number of hydrogen-bond acceptors (Lipinski definition) is 2. The predicted molar refractivity (Wildman–Crippen MR) is 72.9 cm³/mol. The second-order valence-electron chi connectivity index (χ2n) is 5.40. The zero-order valence-corrected chi connectivity index (χ0v) is 11.8. The van der Waals surface area contributed by atoms with Gasteiger partial charge in [0.25, 0.3) is 0 Å². The number of rotatable bonds is 3. The monoisotopic (exact) mass is 267 g/mol. The van der Waals surface area contributed by atoms with Crippen molar-refractivity contribution >= 4 is 10.0 Å². The summed E-state index contributed by atoms with van der Waals surface area (Å²) in [4.78, 5) is 0.367. The maximum absolute atomic E-state index is 12.2. The first-order valence-electron chi connectivity index (χ1n) is 6.56. The van der Waals surface area contributed by atoms with Crippen molar-refractivity contribution in [1.82, 2.24) is 4.72 Å². The molecule has 1 aliphatic carbocycles. The first-order valence-corrected chi connectivity index (χ1v) is 8.05. The summed E-state index contributed by atoms with van der Waals surface area (Å²) in [6.07, 6.45) is 4.23. The lowest BCUT2D eigenvalue weighted by Gasteiger charge is -2.27. The van der Waals surface area contributed by atoms with E-state index in [1.807, 2.05) is 19.1 Å². The van der Waals surface area contributed by atoms with E-state index < -0.39 is 10.0 Å². The fourth-order valence-corrected chi connectivity index (χ4v) is 3.83. The van der Waals surface area contributed by atoms with Crippen molar-refractivity contribution in [2.24, 2.45) is 5.92 Å². The van der Waals surface area contributed by atoms with Crippen LogP contribution in [0.3, 0.4) is 0 Å². The van der Waals surface area contributed by atoms with Gasteiger partial charge in [-0.1, -0.05) is 37.5 Å². The molecule has 1 saturated carbocycles. The molecule has 2 rings (SSSR count). The van der Waals surface area contributed by atoms with Gasteiger partial charge in [-0.05, 0) is 37.8 Å². The predicted octanol–water partition coefficient (Wildman–Crippen LogP) is 2.85. The highest BCUT2D eigenvalue weighted by atomic mass is 32.2. The third-order valence-electron chi connectivity index (χ3n) is 3.59. The summed E-state index contributed by atoms with van der Waals surface area (Å²) in [5, 5.41) is 0. The van der Waals surface area contributed by atoms with E-state index in [2.05, 4.69) is 11.6 Å². The molecule has 0 bridgehead atoms. The van der Waals surface area contributed by atoms with Gasteiger partial charge in [-0.3, -0.25) is 0 Å². The molecule has 1 aromatic carbocycles. The van der Waals surface area contributed by atoms with Crippen LogP contribution in [0.2, 0.25) is 0 Å². The Bertz CT molecular complexity index is 493. The van der Waals surface area contributed by atoms with Crippen LogP contribution in [0.15, 0.2) is 29.2 Å². The molecular formula is C14H21NO2S. The molecule has 1 N–H and O–H groups in total. The first-order chi connectivity index (χ1) is 8.47. The third kappa shape index (κ3) is 3.33. The Labute approximate surface area is 110 Å². The molecular weight excluding hydrogens is 246 g/mol. The lowest BCUT2D eigenvalue weighted by Crippen LogP contribution is -2.37. The largest absolute Gasteiger partial charge is 0.240 e. The van der Waals surface area contributed by atoms with E-state index in [0.717, 1.165) is 24.8 Å². The molecule has 0 aromatic heterocycles. The average molecular weight is 267 g/mol. The number of sulfonamides is 1. The minimum atomic E-state index is -3.35. The smallest absolute Gasteiger partial charge is 0.208 e. The molecule has 0 amide bonds. The third-order valence-corrected chi connectivity index (χ3v) is 5.13. The Balaban J connectivity index is 2.09. The highest BCUT2D eigenvalue weighted by Crippen LogP contribution is 2.24. The van der Waals surface area contributed by atoms with Crippen molar-refractivity contribution in [1.29, 1.82) is 0 Å². The maximum Gasteiger partial charge on any atom is 0.240 e. The van der Waals surface area contributed by atoms with Crippen LogP contribution >= 0.6 is 0 Å². The van der Waals surface area contributed by atoms with Crippen molar-refractivity contribution < 1.29 is 8.42 Å². The van der Waals surface area contributed by atoms with E-state index in [4.69, 9.17) is 0 Å². The van der Waals surface area contributed by atoms with E-state index in [1.54, 1.807) is 12.1 Å². The molecule has 0 aliphatic heterocycles. The molecule has 4 heteroatoms. The molecule has 1 aromatic rings. The van der Waals surface area contributed by atoms with Crippen molar-refractivity contribution in [3.8, 4) is 0 Å². The van der Waals surface area contributed by atoms with Crippen LogP contribution in [0.1, 0.15) is 38.2 Å². The van der Waals surface area contributed by atoms with E-state index in [1.165, 1.54) is 6.42 Å². The van der Waals surface area contributed by atoms with Crippen molar-refractivity contribution in [2.75, 3.05) is 0 Å². The quantitative estimate of drug-likeness (QED) is 0.915. The zero-order valence-electron chi connectivity index (χ0n) is 11.0. The van der Waals surface area contributed by atoms with Crippen LogP contribution in [0, 0.1) is 12.8 Å². The fraction of sp³-hybridized carbons (Fsp3) is 0.571. The molecule has 0 heterocycles. The Hall–Kier alpha value is -0.870. The van der Waals surface area contributed by atoms with Crippen LogP contribution in [0.4, 0.5) is 0 Å². The lowest BCUT2D eigenvalue weighted by molar-refractivity contribution is 0.327. The summed E-state index contributed by atoms with van der Waals surface area (Å²) in [5.41, 5.74) is 1.07. The normalized spacial score (nSPS) is 25.0. The van der Waals surface area contributed by atoms with Crippen LogP contribution in [0.5, 0.6) is 0 Å². The highest BCUT2D eigenvalue weighted by Gasteiger charge is 2.24. The van der Waals surface area contributed by atoms with Gasteiger partial charge in [-0.25, -0.2) is 13.1 Å². The number of aryl methyl sites for hydroxylation is 1. The highest BCUT2D eigenvalue weighted by molar-refractivity contribution is 7.89. The Kier molecular flexibility index (Phi) is 4.07. The molecule has 1 aliphatic rings. The van der Waals surface area contributed by atoms with Crippen molar-refractivity contribution in [3.63, 3.8) is 0 Å². The van der Waals surface area contributed by atoms with E-state index in [9.17, 15) is 8.42 Å². The standard InChI is InChI=1S/C14H21NO2S/c1-11-6-8-14(9-7-11)18(16,17)15-13-5-3-4-12(2)10-13/h6-9,12-13,15H,3-5,10H2,1-2H3. The van der Waals surface area contributed by atoms with E-state index in [0.29, 0.717) is 10.8 Å². The van der Waals surface area contributed by atoms with Gasteiger partial charge < -0.3 is 0 Å². The van der Waals surface area contributed by atoms with Crippen LogP contribution < -0.4 is 4.72 Å². The molecule has 1 fully saturated rings. The van der Waals surface area contributed by atoms with Gasteiger partial charge in [0.15, 0.2) is 0 Å². The van der Waals surface area contributed by atoms with Crippen molar-refractivity contribution in [2.45, 2.75) is 50.5 Å². The maximum atomic E-state index is 12.2. The van der Waals surface area contributed by atoms with Gasteiger partial charge in [-0.2, -0.15) is 0 Å². The number of nitrogens with one attached hydrogen (secondary N) is 1. The molecule has 3 nitrogen and oxygen atoms in total. The topological polar surface area (TPSA) is 46.2 Å². The minimum absolute atomic E-state index is 0.0973. The van der Waals surface area contributed by atoms with E-state index in [-0.39, 0.29) is 6.04 Å². The van der Waals surface area contributed by atoms with Gasteiger partial charge in [0, 0.05) is 6.04 Å². The molecule has 2 unspecified atom stereocenters. The summed E-state index contributed by atoms with van der Waals surface area (Å²) in [6, 6.07) is 7.10. The van der Waals surface area contributed by atoms with Gasteiger partial charge >= 0.3 is 0 Å². The van der Waals surface area contributed by atoms with Gasteiger partial charge in [0.1, 0.15) is 0 Å². The fourth-order valence-electron chi connectivity index (χ4n) is 2.55. The van der Waals surface area contributed by atoms with Gasteiger partial charge in [0.05, 0.1) is 4.90 Å². The number of hydrogen-bond donors (Lipinski definition) is 1. The second kappa shape index (κ2) is 5.41. The molecule has 18 heavy (non-hydrogen) atoms. The SMILES string of the molecule is Cc1ccc(S(=O)(=O)NC2CCCC(C)C2)cc1. The molecule has 2 atom stereocenters. The summed E-state index contributed by atoms with van der Waals surface area (Å²) >= 11 is 0. The van der Waals surface area contributed by atoms with Crippen LogP contribution in [-0.4, -0.2) is 14.5 Å². The van der Waals surface area contributed by atoms with Gasteiger partial charge in [0.2, 0.25) is 10.0 Å². The second-order valence-corrected chi connectivity index (χ2v) is 7.12. The summed E-state index contributed by atoms with van der Waals surface area (Å²) < 4.78 is 27.2. The summed E-state index contributed by atoms with van der Waals surface area (Å²) in [5.74, 6) is 0.615. The molecule has 0 radical (unpaired) electrons. The summed E-state index contributed by atoms with van der Waals surface area (Å²) in [6.45, 7) is 4.14. The lowest BCUT2D eigenvalue weighted by atomic mass is 9.88. The van der Waals surface area contributed by atoms with Gasteiger partial charge in [-0.15, -0.1) is 0 Å². The average Bonchev–Trinajstić information content (AvgIpc) is 2.29. The molecule has 100 valence electrons.